The molecule has 0 aliphatic carbocycles. The van der Waals surface area contributed by atoms with Gasteiger partial charge < -0.3 is 8.92 Å². The van der Waals surface area contributed by atoms with Crippen LogP contribution < -0.4 is 13.5 Å². The van der Waals surface area contributed by atoms with E-state index >= 15 is 0 Å². The fourth-order valence-electron chi connectivity index (χ4n) is 4.14. The SMILES string of the molecule is COc1cc(C=Cc2ccc3ccccc3[n+]2C)ccc1OS(=O)(=O)c1cccc2ccccc12. The van der Waals surface area contributed by atoms with Crippen LogP contribution in [0, 0.1) is 0 Å². The highest BCUT2D eigenvalue weighted by atomic mass is 32.2. The van der Waals surface area contributed by atoms with Crippen molar-refractivity contribution in [3.05, 3.63) is 108 Å². The van der Waals surface area contributed by atoms with Gasteiger partial charge in [0.25, 0.3) is 0 Å². The Hall–Kier alpha value is -4.16. The molecular formula is C29H24NO4S+. The van der Waals surface area contributed by atoms with Crippen LogP contribution >= 0.6 is 0 Å². The third kappa shape index (κ3) is 4.48. The molecule has 5 rings (SSSR count). The Morgan fingerprint density at radius 3 is 2.31 bits per heavy atom. The highest BCUT2D eigenvalue weighted by Gasteiger charge is 2.21. The molecule has 0 saturated heterocycles. The molecule has 1 heterocycles. The monoisotopic (exact) mass is 482 g/mol. The van der Waals surface area contributed by atoms with Crippen molar-refractivity contribution >= 4 is 43.9 Å². The number of hydrogen-bond acceptors (Lipinski definition) is 4. The van der Waals surface area contributed by atoms with Gasteiger partial charge in [-0.05, 0) is 47.4 Å². The Balaban J connectivity index is 1.44. The Kier molecular flexibility index (Phi) is 5.97. The fraction of sp³-hybridized carbons (Fsp3) is 0.0690. The minimum Gasteiger partial charge on any atom is -0.493 e. The molecule has 1 aromatic heterocycles. The average Bonchev–Trinajstić information content (AvgIpc) is 2.88. The normalized spacial score (nSPS) is 11.8. The summed E-state index contributed by atoms with van der Waals surface area (Å²) in [5.74, 6) is 0.465. The Morgan fingerprint density at radius 2 is 1.49 bits per heavy atom. The van der Waals surface area contributed by atoms with E-state index in [4.69, 9.17) is 8.92 Å². The number of ether oxygens (including phenoxy) is 1. The summed E-state index contributed by atoms with van der Waals surface area (Å²) in [6.45, 7) is 0. The van der Waals surface area contributed by atoms with Gasteiger partial charge in [0, 0.05) is 29.0 Å². The zero-order valence-corrected chi connectivity index (χ0v) is 20.2. The maximum absolute atomic E-state index is 13.1. The molecule has 0 bridgehead atoms. The number of rotatable bonds is 6. The molecule has 0 atom stereocenters. The first-order valence-electron chi connectivity index (χ1n) is 11.1. The highest BCUT2D eigenvalue weighted by molar-refractivity contribution is 7.87. The molecule has 0 aliphatic heterocycles. The first kappa shape index (κ1) is 22.6. The summed E-state index contributed by atoms with van der Waals surface area (Å²) in [6, 6.07) is 29.9. The Morgan fingerprint density at radius 1 is 0.743 bits per heavy atom. The van der Waals surface area contributed by atoms with E-state index < -0.39 is 10.1 Å². The summed E-state index contributed by atoms with van der Waals surface area (Å²) in [6.07, 6.45) is 3.96. The van der Waals surface area contributed by atoms with Crippen LogP contribution in [-0.4, -0.2) is 15.5 Å². The van der Waals surface area contributed by atoms with Crippen LogP contribution in [-0.2, 0) is 17.2 Å². The van der Waals surface area contributed by atoms with Crippen LogP contribution in [0.5, 0.6) is 11.5 Å². The number of aryl methyl sites for hydroxylation is 1. The molecule has 0 spiro atoms. The van der Waals surface area contributed by atoms with Gasteiger partial charge >= 0.3 is 10.1 Å². The van der Waals surface area contributed by atoms with E-state index in [0.717, 1.165) is 22.2 Å². The first-order valence-corrected chi connectivity index (χ1v) is 12.5. The van der Waals surface area contributed by atoms with Gasteiger partial charge in [0.1, 0.15) is 11.9 Å². The first-order chi connectivity index (χ1) is 17.0. The van der Waals surface area contributed by atoms with Gasteiger partial charge in [0.05, 0.1) is 7.11 Å². The number of fused-ring (bicyclic) bond motifs is 2. The second-order valence-electron chi connectivity index (χ2n) is 8.13. The van der Waals surface area contributed by atoms with E-state index in [1.165, 1.54) is 12.5 Å². The lowest BCUT2D eigenvalue weighted by molar-refractivity contribution is -0.646. The highest BCUT2D eigenvalue weighted by Crippen LogP contribution is 2.33. The summed E-state index contributed by atoms with van der Waals surface area (Å²) in [5, 5.41) is 2.60. The summed E-state index contributed by atoms with van der Waals surface area (Å²) >= 11 is 0. The number of hydrogen-bond donors (Lipinski definition) is 0. The van der Waals surface area contributed by atoms with Gasteiger partial charge in [-0.3, -0.25) is 0 Å². The summed E-state index contributed by atoms with van der Waals surface area (Å²) in [7, 11) is -0.553. The van der Waals surface area contributed by atoms with Gasteiger partial charge in [0.2, 0.25) is 11.2 Å². The number of benzene rings is 4. The van der Waals surface area contributed by atoms with Crippen molar-refractivity contribution in [3.63, 3.8) is 0 Å². The van der Waals surface area contributed by atoms with Crippen molar-refractivity contribution in [3.8, 4) is 11.5 Å². The lowest BCUT2D eigenvalue weighted by Gasteiger charge is -2.13. The molecular weight excluding hydrogens is 458 g/mol. The standard InChI is InChI=1S/C29H24NO4S/c1-30-24(18-16-23-9-4-6-12-26(23)30)17-14-21-15-19-27(28(20-21)33-2)34-35(31,32)29-13-7-10-22-8-3-5-11-25(22)29/h3-20H,1-2H3/q+1. The summed E-state index contributed by atoms with van der Waals surface area (Å²) < 4.78 is 39.4. The molecule has 4 aromatic carbocycles. The van der Waals surface area contributed by atoms with Crippen molar-refractivity contribution in [1.29, 1.82) is 0 Å². The fourth-order valence-corrected chi connectivity index (χ4v) is 5.31. The van der Waals surface area contributed by atoms with Crippen LogP contribution in [0.4, 0.5) is 0 Å². The Labute approximate surface area is 204 Å². The van der Waals surface area contributed by atoms with Gasteiger partial charge in [-0.1, -0.05) is 54.6 Å². The van der Waals surface area contributed by atoms with E-state index in [2.05, 4.69) is 28.8 Å². The smallest absolute Gasteiger partial charge is 0.339 e. The lowest BCUT2D eigenvalue weighted by Crippen LogP contribution is -2.32. The minimum absolute atomic E-state index is 0.116. The zero-order valence-electron chi connectivity index (χ0n) is 19.4. The second kappa shape index (κ2) is 9.24. The van der Waals surface area contributed by atoms with E-state index in [1.54, 1.807) is 42.5 Å². The average molecular weight is 483 g/mol. The van der Waals surface area contributed by atoms with Gasteiger partial charge in [-0.25, -0.2) is 0 Å². The van der Waals surface area contributed by atoms with Gasteiger partial charge in [-0.2, -0.15) is 13.0 Å². The largest absolute Gasteiger partial charge is 0.493 e. The minimum atomic E-state index is -4.07. The summed E-state index contributed by atoms with van der Waals surface area (Å²) in [4.78, 5) is 0.116. The molecule has 0 aliphatic rings. The third-order valence-electron chi connectivity index (χ3n) is 5.97. The topological polar surface area (TPSA) is 56.5 Å². The van der Waals surface area contributed by atoms with Crippen LogP contribution in [0.3, 0.4) is 0 Å². The number of methoxy groups -OCH3 is 1. The number of pyridine rings is 1. The van der Waals surface area contributed by atoms with Crippen LogP contribution in [0.2, 0.25) is 0 Å². The molecule has 0 saturated carbocycles. The predicted octanol–water partition coefficient (Wildman–Crippen LogP) is 5.76. The van der Waals surface area contributed by atoms with E-state index in [9.17, 15) is 8.42 Å². The molecule has 35 heavy (non-hydrogen) atoms. The van der Waals surface area contributed by atoms with Gasteiger partial charge in [0.15, 0.2) is 11.5 Å². The van der Waals surface area contributed by atoms with Crippen LogP contribution in [0.15, 0.2) is 102 Å². The van der Waals surface area contributed by atoms with Crippen molar-refractivity contribution < 1.29 is 21.9 Å². The van der Waals surface area contributed by atoms with E-state index in [-0.39, 0.29) is 10.6 Å². The predicted molar refractivity (Wildman–Crippen MR) is 139 cm³/mol. The molecule has 174 valence electrons. The molecule has 0 unspecified atom stereocenters. The molecule has 0 radical (unpaired) electrons. The number of para-hydroxylation sites is 1. The number of nitrogens with zero attached hydrogens (tertiary/aromatic N) is 1. The van der Waals surface area contributed by atoms with E-state index in [0.29, 0.717) is 11.1 Å². The van der Waals surface area contributed by atoms with Crippen molar-refractivity contribution in [1.82, 2.24) is 0 Å². The number of aromatic nitrogens is 1. The molecule has 5 aromatic rings. The molecule has 0 amide bonds. The quantitative estimate of drug-likeness (QED) is 0.228. The maximum Gasteiger partial charge on any atom is 0.339 e. The third-order valence-corrected chi connectivity index (χ3v) is 7.27. The zero-order chi connectivity index (χ0) is 24.4. The molecule has 5 nitrogen and oxygen atoms in total. The Bertz CT molecular complexity index is 1690. The molecule has 0 fully saturated rings. The van der Waals surface area contributed by atoms with Crippen molar-refractivity contribution in [2.24, 2.45) is 7.05 Å². The second-order valence-corrected chi connectivity index (χ2v) is 9.65. The van der Waals surface area contributed by atoms with E-state index in [1.807, 2.05) is 49.5 Å². The van der Waals surface area contributed by atoms with Crippen LogP contribution in [0.25, 0.3) is 33.8 Å². The maximum atomic E-state index is 13.1. The van der Waals surface area contributed by atoms with Crippen molar-refractivity contribution in [2.45, 2.75) is 4.90 Å². The molecule has 6 heteroatoms. The van der Waals surface area contributed by atoms with Gasteiger partial charge in [-0.15, -0.1) is 0 Å². The van der Waals surface area contributed by atoms with Crippen molar-refractivity contribution in [2.75, 3.05) is 7.11 Å². The lowest BCUT2D eigenvalue weighted by atomic mass is 10.1. The summed E-state index contributed by atoms with van der Waals surface area (Å²) in [5.41, 5.74) is 3.01. The van der Waals surface area contributed by atoms with Crippen LogP contribution in [0.1, 0.15) is 11.3 Å². The molecule has 0 N–H and O–H groups in total.